The molecule has 0 spiro atoms. The molecule has 1 atom stereocenters. The smallest absolute Gasteiger partial charge is 0.407 e. The quantitative estimate of drug-likeness (QED) is 0.658. The summed E-state index contributed by atoms with van der Waals surface area (Å²) in [5.74, 6) is -0.289. The highest BCUT2D eigenvalue weighted by Gasteiger charge is 2.24. The van der Waals surface area contributed by atoms with E-state index in [0.29, 0.717) is 6.54 Å². The zero-order chi connectivity index (χ0) is 22.1. The fraction of sp³-hybridized carbons (Fsp3) is 0.417. The molecule has 0 saturated carbocycles. The number of nitrogens with zero attached hydrogens (tertiary/aromatic N) is 1. The zero-order valence-corrected chi connectivity index (χ0v) is 18.6. The Hall–Kier alpha value is -2.86. The fourth-order valence-corrected chi connectivity index (χ4v) is 3.24. The van der Waals surface area contributed by atoms with Gasteiger partial charge in [-0.3, -0.25) is 4.79 Å². The van der Waals surface area contributed by atoms with E-state index in [1.165, 1.54) is 5.56 Å². The molecule has 0 bridgehead atoms. The van der Waals surface area contributed by atoms with Crippen molar-refractivity contribution in [3.8, 4) is 11.1 Å². The molecule has 6 heteroatoms. The minimum Gasteiger partial charge on any atom is -0.450 e. The maximum atomic E-state index is 12.7. The maximum absolute atomic E-state index is 12.7. The van der Waals surface area contributed by atoms with Crippen LogP contribution in [0.3, 0.4) is 0 Å². The Labute approximate surface area is 179 Å². The number of benzene rings is 2. The van der Waals surface area contributed by atoms with E-state index >= 15 is 0 Å². The van der Waals surface area contributed by atoms with Gasteiger partial charge in [-0.15, -0.1) is 0 Å². The first-order valence-corrected chi connectivity index (χ1v) is 10.3. The van der Waals surface area contributed by atoms with Crippen molar-refractivity contribution in [1.29, 1.82) is 0 Å². The molecule has 0 heterocycles. The molecule has 2 rings (SSSR count). The first-order valence-electron chi connectivity index (χ1n) is 10.3. The molecule has 162 valence electrons. The van der Waals surface area contributed by atoms with Gasteiger partial charge in [-0.25, -0.2) is 4.79 Å². The SMILES string of the molecule is CCOC(=O)NC(C(=O)NCc1ccccc1-c1ccc(CN(C)C)cc1)C(C)C. The van der Waals surface area contributed by atoms with E-state index in [-0.39, 0.29) is 18.4 Å². The summed E-state index contributed by atoms with van der Waals surface area (Å²) in [4.78, 5) is 26.6. The van der Waals surface area contributed by atoms with Crippen molar-refractivity contribution in [2.45, 2.75) is 39.9 Å². The highest BCUT2D eigenvalue weighted by atomic mass is 16.5. The van der Waals surface area contributed by atoms with Crippen LogP contribution in [-0.2, 0) is 22.6 Å². The lowest BCUT2D eigenvalue weighted by atomic mass is 9.98. The topological polar surface area (TPSA) is 70.7 Å². The summed E-state index contributed by atoms with van der Waals surface area (Å²) >= 11 is 0. The molecule has 1 unspecified atom stereocenters. The third kappa shape index (κ3) is 6.88. The third-order valence-electron chi connectivity index (χ3n) is 4.73. The summed E-state index contributed by atoms with van der Waals surface area (Å²) in [7, 11) is 4.10. The van der Waals surface area contributed by atoms with Gasteiger partial charge in [0.15, 0.2) is 0 Å². The van der Waals surface area contributed by atoms with Gasteiger partial charge in [-0.2, -0.15) is 0 Å². The van der Waals surface area contributed by atoms with Crippen LogP contribution in [0.5, 0.6) is 0 Å². The summed E-state index contributed by atoms with van der Waals surface area (Å²) in [6.45, 7) is 7.04. The second-order valence-corrected chi connectivity index (χ2v) is 7.90. The first-order chi connectivity index (χ1) is 14.3. The minimum absolute atomic E-state index is 0.0612. The fourth-order valence-electron chi connectivity index (χ4n) is 3.24. The van der Waals surface area contributed by atoms with Crippen molar-refractivity contribution in [2.24, 2.45) is 5.92 Å². The van der Waals surface area contributed by atoms with Crippen LogP contribution < -0.4 is 10.6 Å². The second kappa shape index (κ2) is 11.4. The Balaban J connectivity index is 2.10. The summed E-state index contributed by atoms with van der Waals surface area (Å²) in [5, 5.41) is 5.60. The molecular weight excluding hydrogens is 378 g/mol. The molecular formula is C24H33N3O3. The van der Waals surface area contributed by atoms with Crippen molar-refractivity contribution < 1.29 is 14.3 Å². The molecule has 30 heavy (non-hydrogen) atoms. The van der Waals surface area contributed by atoms with E-state index in [1.807, 2.05) is 46.1 Å². The highest BCUT2D eigenvalue weighted by Crippen LogP contribution is 2.24. The van der Waals surface area contributed by atoms with E-state index in [2.05, 4.69) is 45.9 Å². The first kappa shape index (κ1) is 23.4. The molecule has 0 radical (unpaired) electrons. The molecule has 0 aliphatic carbocycles. The molecule has 0 saturated heterocycles. The van der Waals surface area contributed by atoms with Crippen molar-refractivity contribution in [3.05, 3.63) is 59.7 Å². The van der Waals surface area contributed by atoms with Crippen molar-refractivity contribution in [3.63, 3.8) is 0 Å². The van der Waals surface area contributed by atoms with Gasteiger partial charge in [0.25, 0.3) is 0 Å². The van der Waals surface area contributed by atoms with Crippen LogP contribution in [0.1, 0.15) is 31.9 Å². The number of carbonyl (C=O) groups excluding carboxylic acids is 2. The predicted molar refractivity (Wildman–Crippen MR) is 120 cm³/mol. The van der Waals surface area contributed by atoms with Crippen LogP contribution in [0.4, 0.5) is 4.79 Å². The van der Waals surface area contributed by atoms with Gasteiger partial charge in [0.1, 0.15) is 6.04 Å². The molecule has 0 aromatic heterocycles. The number of rotatable bonds is 9. The lowest BCUT2D eigenvalue weighted by Crippen LogP contribution is -2.49. The summed E-state index contributed by atoms with van der Waals surface area (Å²) in [6, 6.07) is 15.8. The van der Waals surface area contributed by atoms with Gasteiger partial charge in [0.05, 0.1) is 6.61 Å². The van der Waals surface area contributed by atoms with Crippen LogP contribution in [-0.4, -0.2) is 43.6 Å². The Bertz CT molecular complexity index is 832. The number of amides is 2. The van der Waals surface area contributed by atoms with Crippen LogP contribution in [0.2, 0.25) is 0 Å². The van der Waals surface area contributed by atoms with Crippen molar-refractivity contribution >= 4 is 12.0 Å². The van der Waals surface area contributed by atoms with Gasteiger partial charge in [0, 0.05) is 13.1 Å². The van der Waals surface area contributed by atoms with Gasteiger partial charge in [-0.05, 0) is 49.2 Å². The van der Waals surface area contributed by atoms with Gasteiger partial charge < -0.3 is 20.3 Å². The highest BCUT2D eigenvalue weighted by molar-refractivity contribution is 5.86. The molecule has 2 amide bonds. The number of carbonyl (C=O) groups is 2. The summed E-state index contributed by atoms with van der Waals surface area (Å²) in [5.41, 5.74) is 4.45. The number of ether oxygens (including phenoxy) is 1. The van der Waals surface area contributed by atoms with E-state index in [9.17, 15) is 9.59 Å². The van der Waals surface area contributed by atoms with Crippen molar-refractivity contribution in [1.82, 2.24) is 15.5 Å². The van der Waals surface area contributed by atoms with E-state index in [0.717, 1.165) is 23.2 Å². The van der Waals surface area contributed by atoms with Crippen LogP contribution >= 0.6 is 0 Å². The van der Waals surface area contributed by atoms with Crippen LogP contribution in [0.25, 0.3) is 11.1 Å². The molecule has 2 N–H and O–H groups in total. The predicted octanol–water partition coefficient (Wildman–Crippen LogP) is 3.80. The van der Waals surface area contributed by atoms with E-state index < -0.39 is 12.1 Å². The van der Waals surface area contributed by atoms with Gasteiger partial charge in [0.2, 0.25) is 5.91 Å². The van der Waals surface area contributed by atoms with E-state index in [4.69, 9.17) is 4.74 Å². The number of hydrogen-bond acceptors (Lipinski definition) is 4. The van der Waals surface area contributed by atoms with Crippen LogP contribution in [0.15, 0.2) is 48.5 Å². The number of hydrogen-bond donors (Lipinski definition) is 2. The molecule has 0 aliphatic rings. The summed E-state index contributed by atoms with van der Waals surface area (Å²) in [6.07, 6.45) is -0.579. The Morgan fingerprint density at radius 1 is 1.03 bits per heavy atom. The third-order valence-corrected chi connectivity index (χ3v) is 4.73. The average Bonchev–Trinajstić information content (AvgIpc) is 2.70. The Morgan fingerprint density at radius 2 is 1.70 bits per heavy atom. The number of alkyl carbamates (subject to hydrolysis) is 1. The molecule has 2 aromatic rings. The van der Waals surface area contributed by atoms with E-state index in [1.54, 1.807) is 6.92 Å². The Morgan fingerprint density at radius 3 is 2.30 bits per heavy atom. The summed E-state index contributed by atoms with van der Waals surface area (Å²) < 4.78 is 4.91. The zero-order valence-electron chi connectivity index (χ0n) is 18.6. The normalized spacial score (nSPS) is 12.0. The van der Waals surface area contributed by atoms with Crippen LogP contribution in [0, 0.1) is 5.92 Å². The van der Waals surface area contributed by atoms with Crippen molar-refractivity contribution in [2.75, 3.05) is 20.7 Å². The standard InChI is InChI=1S/C24H33N3O3/c1-6-30-24(29)26-22(17(2)3)23(28)25-15-20-9-7-8-10-21(20)19-13-11-18(12-14-19)16-27(4)5/h7-14,17,22H,6,15-16H2,1-5H3,(H,25,28)(H,26,29). The molecule has 2 aromatic carbocycles. The number of nitrogens with one attached hydrogen (secondary N) is 2. The minimum atomic E-state index is -0.651. The second-order valence-electron chi connectivity index (χ2n) is 7.90. The lowest BCUT2D eigenvalue weighted by Gasteiger charge is -2.21. The Kier molecular flexibility index (Phi) is 8.87. The van der Waals surface area contributed by atoms with Gasteiger partial charge >= 0.3 is 6.09 Å². The maximum Gasteiger partial charge on any atom is 0.407 e. The average molecular weight is 412 g/mol. The lowest BCUT2D eigenvalue weighted by molar-refractivity contribution is -0.124. The molecule has 0 aliphatic heterocycles. The molecule has 0 fully saturated rings. The monoisotopic (exact) mass is 411 g/mol. The van der Waals surface area contributed by atoms with Gasteiger partial charge in [-0.1, -0.05) is 62.4 Å². The largest absolute Gasteiger partial charge is 0.450 e. The molecule has 6 nitrogen and oxygen atoms in total.